The van der Waals surface area contributed by atoms with Crippen molar-refractivity contribution >= 4 is 21.6 Å². The molecule has 0 saturated heterocycles. The Hall–Kier alpha value is -2.38. The molecular weight excluding hydrogens is 352 g/mol. The quantitative estimate of drug-likeness (QED) is 0.766. The normalized spacial score (nSPS) is 11.4. The van der Waals surface area contributed by atoms with Gasteiger partial charge in [-0.3, -0.25) is 4.79 Å². The average molecular weight is 376 g/mol. The number of anilines is 1. The third-order valence-corrected chi connectivity index (χ3v) is 5.85. The molecular formula is C19H24N2O4S. The van der Waals surface area contributed by atoms with E-state index in [2.05, 4.69) is 5.32 Å². The van der Waals surface area contributed by atoms with Gasteiger partial charge in [0.1, 0.15) is 5.75 Å². The average Bonchev–Trinajstić information content (AvgIpc) is 2.66. The molecule has 2 aromatic rings. The zero-order valence-corrected chi connectivity index (χ0v) is 16.0. The van der Waals surface area contributed by atoms with Gasteiger partial charge in [-0.15, -0.1) is 0 Å². The van der Waals surface area contributed by atoms with Gasteiger partial charge in [0.2, 0.25) is 10.0 Å². The van der Waals surface area contributed by atoms with E-state index in [9.17, 15) is 13.2 Å². The molecule has 2 aromatic carbocycles. The molecule has 0 aliphatic rings. The lowest BCUT2D eigenvalue weighted by atomic mass is 10.2. The first kappa shape index (κ1) is 19.9. The van der Waals surface area contributed by atoms with Gasteiger partial charge in [0, 0.05) is 24.8 Å². The maximum absolute atomic E-state index is 12.5. The lowest BCUT2D eigenvalue weighted by molar-refractivity contribution is 0.102. The molecule has 0 saturated carbocycles. The highest BCUT2D eigenvalue weighted by molar-refractivity contribution is 7.89. The summed E-state index contributed by atoms with van der Waals surface area (Å²) in [4.78, 5) is 12.5. The fraction of sp³-hybridized carbons (Fsp3) is 0.316. The van der Waals surface area contributed by atoms with Crippen LogP contribution in [-0.2, 0) is 10.0 Å². The van der Waals surface area contributed by atoms with Crippen molar-refractivity contribution in [3.8, 4) is 5.75 Å². The molecule has 0 unspecified atom stereocenters. The van der Waals surface area contributed by atoms with Crippen LogP contribution >= 0.6 is 0 Å². The largest absolute Gasteiger partial charge is 0.497 e. The number of carbonyl (C=O) groups excluding carboxylic acids is 1. The van der Waals surface area contributed by atoms with Gasteiger partial charge in [0.05, 0.1) is 12.0 Å². The molecule has 0 heterocycles. The molecule has 0 aliphatic carbocycles. The zero-order valence-electron chi connectivity index (χ0n) is 15.2. The van der Waals surface area contributed by atoms with Crippen LogP contribution in [0, 0.1) is 0 Å². The van der Waals surface area contributed by atoms with Crippen molar-refractivity contribution < 1.29 is 17.9 Å². The van der Waals surface area contributed by atoms with Crippen LogP contribution in [0.2, 0.25) is 0 Å². The van der Waals surface area contributed by atoms with Crippen LogP contribution in [0.1, 0.15) is 30.1 Å². The third kappa shape index (κ3) is 4.83. The van der Waals surface area contributed by atoms with Crippen molar-refractivity contribution in [1.29, 1.82) is 0 Å². The predicted octanol–water partition coefficient (Wildman–Crippen LogP) is 3.37. The lowest BCUT2D eigenvalue weighted by Crippen LogP contribution is -2.27. The lowest BCUT2D eigenvalue weighted by Gasteiger charge is -2.17. The highest BCUT2D eigenvalue weighted by atomic mass is 32.2. The number of ether oxygens (including phenoxy) is 1. The van der Waals surface area contributed by atoms with Gasteiger partial charge in [-0.1, -0.05) is 19.4 Å². The predicted molar refractivity (Wildman–Crippen MR) is 102 cm³/mol. The summed E-state index contributed by atoms with van der Waals surface area (Å²) in [5.41, 5.74) is 0.980. The Morgan fingerprint density at radius 1 is 1.15 bits per heavy atom. The van der Waals surface area contributed by atoms with Gasteiger partial charge in [-0.2, -0.15) is 0 Å². The first-order valence-corrected chi connectivity index (χ1v) is 9.84. The second-order valence-corrected chi connectivity index (χ2v) is 7.94. The number of methoxy groups -OCH3 is 1. The number of carbonyl (C=O) groups is 1. The Morgan fingerprint density at radius 2 is 1.85 bits per heavy atom. The number of benzene rings is 2. The first-order chi connectivity index (χ1) is 12.4. The van der Waals surface area contributed by atoms with Gasteiger partial charge in [0.25, 0.3) is 5.91 Å². The number of unbranched alkanes of at least 4 members (excludes halogenated alkanes) is 1. The van der Waals surface area contributed by atoms with Crippen molar-refractivity contribution in [1.82, 2.24) is 4.31 Å². The summed E-state index contributed by atoms with van der Waals surface area (Å²) in [6, 6.07) is 13.0. The molecule has 6 nitrogen and oxygen atoms in total. The maximum Gasteiger partial charge on any atom is 0.255 e. The minimum atomic E-state index is -3.51. The van der Waals surface area contributed by atoms with Gasteiger partial charge < -0.3 is 10.1 Å². The van der Waals surface area contributed by atoms with Crippen molar-refractivity contribution in [2.45, 2.75) is 24.7 Å². The molecule has 140 valence electrons. The van der Waals surface area contributed by atoms with E-state index in [1.165, 1.54) is 23.5 Å². The number of sulfonamides is 1. The summed E-state index contributed by atoms with van der Waals surface area (Å²) in [7, 11) is -0.405. The molecule has 7 heteroatoms. The van der Waals surface area contributed by atoms with Crippen LogP contribution in [0.3, 0.4) is 0 Å². The number of amides is 1. The van der Waals surface area contributed by atoms with Crippen LogP contribution in [0.25, 0.3) is 0 Å². The molecule has 0 fully saturated rings. The van der Waals surface area contributed by atoms with Crippen molar-refractivity contribution in [2.75, 3.05) is 26.0 Å². The Kier molecular flexibility index (Phi) is 6.76. The Morgan fingerprint density at radius 3 is 2.46 bits per heavy atom. The number of hydrogen-bond donors (Lipinski definition) is 1. The second kappa shape index (κ2) is 8.82. The highest BCUT2D eigenvalue weighted by Gasteiger charge is 2.20. The van der Waals surface area contributed by atoms with Crippen LogP contribution in [0.15, 0.2) is 53.4 Å². The smallest absolute Gasteiger partial charge is 0.255 e. The first-order valence-electron chi connectivity index (χ1n) is 8.40. The summed E-state index contributed by atoms with van der Waals surface area (Å²) in [5.74, 6) is 0.300. The minimum Gasteiger partial charge on any atom is -0.497 e. The van der Waals surface area contributed by atoms with Crippen molar-refractivity contribution in [3.05, 3.63) is 54.1 Å². The summed E-state index contributed by atoms with van der Waals surface area (Å²) in [6.07, 6.45) is 1.74. The van der Waals surface area contributed by atoms with Crippen molar-refractivity contribution in [2.24, 2.45) is 0 Å². The molecule has 0 aromatic heterocycles. The summed E-state index contributed by atoms with van der Waals surface area (Å²) in [5, 5.41) is 2.75. The Balaban J connectivity index is 2.10. The molecule has 0 aliphatic heterocycles. The van der Waals surface area contributed by atoms with E-state index in [0.29, 0.717) is 23.5 Å². The van der Waals surface area contributed by atoms with Gasteiger partial charge in [-0.05, 0) is 48.9 Å². The summed E-state index contributed by atoms with van der Waals surface area (Å²) in [6.45, 7) is 2.49. The molecule has 26 heavy (non-hydrogen) atoms. The SMILES string of the molecule is CCCCN(C)S(=O)(=O)c1ccc(NC(=O)c2cccc(OC)c2)cc1. The highest BCUT2D eigenvalue weighted by Crippen LogP contribution is 2.19. The molecule has 0 radical (unpaired) electrons. The number of rotatable bonds is 8. The second-order valence-electron chi connectivity index (χ2n) is 5.89. The van der Waals surface area contributed by atoms with Crippen LogP contribution < -0.4 is 10.1 Å². The van der Waals surface area contributed by atoms with Gasteiger partial charge in [-0.25, -0.2) is 12.7 Å². The molecule has 1 N–H and O–H groups in total. The van der Waals surface area contributed by atoms with E-state index >= 15 is 0 Å². The summed E-state index contributed by atoms with van der Waals surface area (Å²) < 4.78 is 31.4. The van der Waals surface area contributed by atoms with E-state index in [0.717, 1.165) is 12.8 Å². The molecule has 0 atom stereocenters. The van der Waals surface area contributed by atoms with Crippen molar-refractivity contribution in [3.63, 3.8) is 0 Å². The van der Waals surface area contributed by atoms with E-state index in [1.807, 2.05) is 6.92 Å². The van der Waals surface area contributed by atoms with Crippen LogP contribution in [0.4, 0.5) is 5.69 Å². The third-order valence-electron chi connectivity index (χ3n) is 3.98. The zero-order chi connectivity index (χ0) is 19.2. The standard InChI is InChI=1S/C19H24N2O4S/c1-4-5-13-21(2)26(23,24)18-11-9-16(10-12-18)20-19(22)15-7-6-8-17(14-15)25-3/h6-12,14H,4-5,13H2,1-3H3,(H,20,22). The minimum absolute atomic E-state index is 0.204. The van der Waals surface area contributed by atoms with Gasteiger partial charge in [0.15, 0.2) is 0 Å². The number of nitrogens with zero attached hydrogens (tertiary/aromatic N) is 1. The molecule has 0 spiro atoms. The summed E-state index contributed by atoms with van der Waals surface area (Å²) >= 11 is 0. The monoisotopic (exact) mass is 376 g/mol. The topological polar surface area (TPSA) is 75.7 Å². The Labute approximate surface area is 154 Å². The fourth-order valence-corrected chi connectivity index (χ4v) is 3.57. The number of hydrogen-bond acceptors (Lipinski definition) is 4. The molecule has 0 bridgehead atoms. The van der Waals surface area contributed by atoms with E-state index < -0.39 is 10.0 Å². The van der Waals surface area contributed by atoms with Gasteiger partial charge >= 0.3 is 0 Å². The fourth-order valence-electron chi connectivity index (χ4n) is 2.36. The van der Waals surface area contributed by atoms with E-state index in [4.69, 9.17) is 4.74 Å². The molecule has 1 amide bonds. The Bertz CT molecular complexity index is 848. The van der Waals surface area contributed by atoms with E-state index in [-0.39, 0.29) is 10.8 Å². The van der Waals surface area contributed by atoms with E-state index in [1.54, 1.807) is 43.4 Å². The van der Waals surface area contributed by atoms with Crippen LogP contribution in [0.5, 0.6) is 5.75 Å². The number of nitrogens with one attached hydrogen (secondary N) is 1. The maximum atomic E-state index is 12.5. The molecule has 2 rings (SSSR count). The van der Waals surface area contributed by atoms with Crippen LogP contribution in [-0.4, -0.2) is 39.3 Å².